The van der Waals surface area contributed by atoms with Crippen LogP contribution in [-0.4, -0.2) is 20.4 Å². The average molecular weight is 498 g/mol. The normalized spacial score (nSPS) is 21.7. The number of aliphatic hydroxyl groups excluding tert-OH is 1. The molecule has 0 radical (unpaired) electrons. The van der Waals surface area contributed by atoms with E-state index < -0.39 is 29.5 Å². The fourth-order valence-corrected chi connectivity index (χ4v) is 5.03. The molecule has 3 atom stereocenters. The van der Waals surface area contributed by atoms with Crippen LogP contribution < -0.4 is 0 Å². The molecule has 2 aromatic heterocycles. The van der Waals surface area contributed by atoms with Crippen LogP contribution in [0.15, 0.2) is 57.6 Å². The first-order valence-electron chi connectivity index (χ1n) is 11.7. The fraction of sp³-hybridized carbons (Fsp3) is 0.370. The van der Waals surface area contributed by atoms with Crippen LogP contribution in [0.4, 0.5) is 13.2 Å². The van der Waals surface area contributed by atoms with Gasteiger partial charge in [-0.2, -0.15) is 18.2 Å². The van der Waals surface area contributed by atoms with E-state index in [9.17, 15) is 18.3 Å². The van der Waals surface area contributed by atoms with Crippen LogP contribution in [0.3, 0.4) is 0 Å². The van der Waals surface area contributed by atoms with E-state index in [0.717, 1.165) is 17.5 Å². The Kier molecular flexibility index (Phi) is 5.78. The predicted molar refractivity (Wildman–Crippen MR) is 126 cm³/mol. The molecule has 2 aromatic carbocycles. The molecule has 1 N–H and O–H groups in total. The molecule has 2 heterocycles. The second-order valence-corrected chi connectivity index (χ2v) is 10.2. The van der Waals surface area contributed by atoms with Gasteiger partial charge in [0.05, 0.1) is 6.10 Å². The quantitative estimate of drug-likeness (QED) is 0.308. The zero-order chi connectivity index (χ0) is 25.8. The van der Waals surface area contributed by atoms with Crippen LogP contribution in [0.25, 0.3) is 34.3 Å². The number of rotatable bonds is 3. The molecule has 0 spiro atoms. The Labute approximate surface area is 206 Å². The van der Waals surface area contributed by atoms with E-state index >= 15 is 0 Å². The number of alkyl halides is 3. The van der Waals surface area contributed by atoms with Gasteiger partial charge in [-0.25, -0.2) is 0 Å². The smallest absolute Gasteiger partial charge is 0.388 e. The van der Waals surface area contributed by atoms with Crippen molar-refractivity contribution in [1.82, 2.24) is 15.3 Å². The Bertz CT molecular complexity index is 1390. The minimum atomic E-state index is -4.76. The van der Waals surface area contributed by atoms with Crippen LogP contribution in [0, 0.1) is 17.3 Å². The van der Waals surface area contributed by atoms with Crippen molar-refractivity contribution in [2.45, 2.75) is 46.4 Å². The van der Waals surface area contributed by atoms with Crippen LogP contribution in [-0.2, 0) is 12.6 Å². The van der Waals surface area contributed by atoms with Crippen molar-refractivity contribution in [3.8, 4) is 34.3 Å². The lowest BCUT2D eigenvalue weighted by atomic mass is 9.71. The van der Waals surface area contributed by atoms with Gasteiger partial charge in [-0.15, -0.1) is 0 Å². The lowest BCUT2D eigenvalue weighted by Crippen LogP contribution is -2.29. The summed E-state index contributed by atoms with van der Waals surface area (Å²) in [6, 6.07) is 13.4. The minimum absolute atomic E-state index is 0.0648. The number of hydrogen-bond donors (Lipinski definition) is 1. The number of aromatic nitrogens is 3. The van der Waals surface area contributed by atoms with Gasteiger partial charge in [-0.05, 0) is 40.9 Å². The lowest BCUT2D eigenvalue weighted by molar-refractivity contribution is -0.136. The van der Waals surface area contributed by atoms with Crippen molar-refractivity contribution >= 4 is 0 Å². The zero-order valence-corrected chi connectivity index (χ0v) is 20.3. The van der Waals surface area contributed by atoms with Gasteiger partial charge in [0.25, 0.3) is 5.89 Å². The molecule has 188 valence electrons. The molecule has 36 heavy (non-hydrogen) atoms. The topological polar surface area (TPSA) is 85.2 Å². The monoisotopic (exact) mass is 497 g/mol. The second-order valence-electron chi connectivity index (χ2n) is 10.2. The Morgan fingerprint density at radius 3 is 2.39 bits per heavy atom. The molecule has 0 bridgehead atoms. The van der Waals surface area contributed by atoms with Crippen molar-refractivity contribution in [2.75, 3.05) is 0 Å². The standard InChI is InChI=1S/C27H26F3N3O3/c1-14-15(2)26(3,4)13-18-12-17(10-11-19(18)22(14)34)24-31-25(36-33-24)23-20(27(28,29)30)21(32-35-23)16-8-6-5-7-9-16/h5-12,14-15,22,34H,13H2,1-4H3. The molecule has 0 saturated carbocycles. The second kappa shape index (κ2) is 8.58. The van der Waals surface area contributed by atoms with E-state index in [1.165, 1.54) is 12.1 Å². The summed E-state index contributed by atoms with van der Waals surface area (Å²) >= 11 is 0. The molecule has 0 fully saturated rings. The average Bonchev–Trinajstić information content (AvgIpc) is 3.49. The lowest BCUT2D eigenvalue weighted by Gasteiger charge is -2.34. The van der Waals surface area contributed by atoms with Crippen molar-refractivity contribution in [2.24, 2.45) is 17.3 Å². The van der Waals surface area contributed by atoms with E-state index in [0.29, 0.717) is 5.56 Å². The van der Waals surface area contributed by atoms with Crippen molar-refractivity contribution in [3.63, 3.8) is 0 Å². The first-order valence-corrected chi connectivity index (χ1v) is 11.7. The maximum atomic E-state index is 14.0. The first kappa shape index (κ1) is 24.2. The van der Waals surface area contributed by atoms with Crippen LogP contribution in [0.1, 0.15) is 50.5 Å². The summed E-state index contributed by atoms with van der Waals surface area (Å²) in [7, 11) is 0. The fourth-order valence-electron chi connectivity index (χ4n) is 5.03. The largest absolute Gasteiger partial charge is 0.422 e. The molecule has 6 nitrogen and oxygen atoms in total. The molecule has 0 amide bonds. The summed E-state index contributed by atoms with van der Waals surface area (Å²) in [6.07, 6.45) is -4.65. The van der Waals surface area contributed by atoms with Gasteiger partial charge >= 0.3 is 6.18 Å². The minimum Gasteiger partial charge on any atom is -0.388 e. The highest BCUT2D eigenvalue weighted by Crippen LogP contribution is 2.46. The number of aliphatic hydroxyl groups is 1. The van der Waals surface area contributed by atoms with Crippen molar-refractivity contribution < 1.29 is 27.3 Å². The van der Waals surface area contributed by atoms with Crippen LogP contribution in [0.5, 0.6) is 0 Å². The van der Waals surface area contributed by atoms with Gasteiger partial charge in [0, 0.05) is 11.1 Å². The molecule has 1 aliphatic carbocycles. The number of halogens is 3. The maximum absolute atomic E-state index is 14.0. The zero-order valence-electron chi connectivity index (χ0n) is 20.3. The van der Waals surface area contributed by atoms with Gasteiger partial charge in [0.1, 0.15) is 11.3 Å². The van der Waals surface area contributed by atoms with Gasteiger partial charge in [-0.3, -0.25) is 0 Å². The van der Waals surface area contributed by atoms with Crippen molar-refractivity contribution in [1.29, 1.82) is 0 Å². The van der Waals surface area contributed by atoms with E-state index in [4.69, 9.17) is 9.05 Å². The molecule has 0 saturated heterocycles. The van der Waals surface area contributed by atoms with Gasteiger partial charge in [0.15, 0.2) is 0 Å². The summed E-state index contributed by atoms with van der Waals surface area (Å²) in [5.74, 6) is -0.587. The summed E-state index contributed by atoms with van der Waals surface area (Å²) in [5, 5.41) is 18.5. The highest BCUT2D eigenvalue weighted by Gasteiger charge is 2.43. The number of benzene rings is 2. The van der Waals surface area contributed by atoms with Gasteiger partial charge in [0.2, 0.25) is 11.6 Å². The molecule has 1 aliphatic rings. The maximum Gasteiger partial charge on any atom is 0.422 e. The summed E-state index contributed by atoms with van der Waals surface area (Å²) in [6.45, 7) is 8.53. The third kappa shape index (κ3) is 4.11. The molecule has 0 aliphatic heterocycles. The number of hydrogen-bond acceptors (Lipinski definition) is 6. The molecule has 9 heteroatoms. The highest BCUT2D eigenvalue weighted by molar-refractivity contribution is 5.71. The van der Waals surface area contributed by atoms with E-state index in [2.05, 4.69) is 36.1 Å². The van der Waals surface area contributed by atoms with E-state index in [-0.39, 0.29) is 34.3 Å². The first-order chi connectivity index (χ1) is 17.0. The summed E-state index contributed by atoms with van der Waals surface area (Å²) in [4.78, 5) is 4.22. The Balaban J connectivity index is 1.55. The van der Waals surface area contributed by atoms with Gasteiger partial charge < -0.3 is 14.2 Å². The number of nitrogens with zero attached hydrogens (tertiary/aromatic N) is 3. The molecular weight excluding hydrogens is 471 g/mol. The van der Waals surface area contributed by atoms with Crippen molar-refractivity contribution in [3.05, 3.63) is 65.2 Å². The SMILES string of the molecule is CC1C(O)c2ccc(-c3noc(-c4onc(-c5ccccc5)c4C(F)(F)F)n3)cc2CC(C)(C)C1C. The summed E-state index contributed by atoms with van der Waals surface area (Å²) in [5.41, 5.74) is 1.15. The Hall–Kier alpha value is -3.46. The Morgan fingerprint density at radius 1 is 0.972 bits per heavy atom. The molecular formula is C27H26F3N3O3. The van der Waals surface area contributed by atoms with Gasteiger partial charge in [-0.1, -0.05) is 80.5 Å². The Morgan fingerprint density at radius 2 is 1.69 bits per heavy atom. The van der Waals surface area contributed by atoms with Crippen LogP contribution >= 0.6 is 0 Å². The third-order valence-corrected chi connectivity index (χ3v) is 7.53. The molecule has 4 aromatic rings. The highest BCUT2D eigenvalue weighted by atomic mass is 19.4. The number of fused-ring (bicyclic) bond motifs is 1. The molecule has 3 unspecified atom stereocenters. The summed E-state index contributed by atoms with van der Waals surface area (Å²) < 4.78 is 52.4. The van der Waals surface area contributed by atoms with E-state index in [1.807, 2.05) is 19.1 Å². The van der Waals surface area contributed by atoms with E-state index in [1.54, 1.807) is 24.3 Å². The third-order valence-electron chi connectivity index (χ3n) is 7.53. The predicted octanol–water partition coefficient (Wildman–Crippen LogP) is 6.97. The molecule has 5 rings (SSSR count). The van der Waals surface area contributed by atoms with Crippen LogP contribution in [0.2, 0.25) is 0 Å².